The third-order valence-corrected chi connectivity index (χ3v) is 5.35. The van der Waals surface area contributed by atoms with E-state index in [0.717, 1.165) is 31.1 Å². The molecular formula is C20H28N4O2. The number of benzene rings is 1. The average Bonchev–Trinajstić information content (AvgIpc) is 2.68. The lowest BCUT2D eigenvalue weighted by molar-refractivity contribution is 0.0812. The zero-order valence-electron chi connectivity index (χ0n) is 16.0. The first kappa shape index (κ1) is 18.6. The van der Waals surface area contributed by atoms with E-state index in [2.05, 4.69) is 38.8 Å². The molecule has 26 heavy (non-hydrogen) atoms. The number of hydrogen-bond donors (Lipinski definition) is 1. The Bertz CT molecular complexity index is 724. The second kappa shape index (κ2) is 8.01. The number of nitrogens with zero attached hydrogens (tertiary/aromatic N) is 4. The van der Waals surface area contributed by atoms with E-state index in [1.54, 1.807) is 7.11 Å². The van der Waals surface area contributed by atoms with Gasteiger partial charge in [-0.05, 0) is 37.1 Å². The van der Waals surface area contributed by atoms with Crippen LogP contribution in [0.15, 0.2) is 45.5 Å². The quantitative estimate of drug-likeness (QED) is 0.819. The molecule has 0 aromatic heterocycles. The Hall–Kier alpha value is -2.18. The fourth-order valence-corrected chi connectivity index (χ4v) is 3.62. The van der Waals surface area contributed by atoms with Crippen LogP contribution in [0.3, 0.4) is 0 Å². The summed E-state index contributed by atoms with van der Waals surface area (Å²) in [6.07, 6.45) is 1.91. The van der Waals surface area contributed by atoms with E-state index in [9.17, 15) is 5.11 Å². The molecule has 2 aliphatic rings. The number of rotatable bonds is 5. The van der Waals surface area contributed by atoms with Crippen LogP contribution in [0, 0.1) is 0 Å². The number of piperazine rings is 1. The highest BCUT2D eigenvalue weighted by Gasteiger charge is 2.33. The molecule has 2 atom stereocenters. The molecule has 1 fully saturated rings. The van der Waals surface area contributed by atoms with Crippen LogP contribution in [-0.2, 0) is 6.54 Å². The molecule has 2 unspecified atom stereocenters. The first-order chi connectivity index (χ1) is 12.6. The molecule has 0 aliphatic carbocycles. The van der Waals surface area contributed by atoms with Crippen LogP contribution in [0.5, 0.6) is 5.75 Å². The molecule has 1 N–H and O–H groups in total. The molecule has 0 radical (unpaired) electrons. The Labute approximate surface area is 155 Å². The third-order valence-electron chi connectivity index (χ3n) is 5.35. The van der Waals surface area contributed by atoms with Crippen LogP contribution < -0.4 is 4.74 Å². The summed E-state index contributed by atoms with van der Waals surface area (Å²) in [7, 11) is 3.49. The highest BCUT2D eigenvalue weighted by atomic mass is 16.5. The molecule has 6 heteroatoms. The van der Waals surface area contributed by atoms with E-state index in [0.29, 0.717) is 0 Å². The summed E-state index contributed by atoms with van der Waals surface area (Å²) >= 11 is 0. The van der Waals surface area contributed by atoms with Crippen molar-refractivity contribution in [2.75, 3.05) is 33.9 Å². The van der Waals surface area contributed by atoms with Gasteiger partial charge in [0.25, 0.3) is 0 Å². The van der Waals surface area contributed by atoms with Crippen LogP contribution in [0.25, 0.3) is 0 Å². The lowest BCUT2D eigenvalue weighted by Crippen LogP contribution is -2.54. The van der Waals surface area contributed by atoms with Gasteiger partial charge in [0.1, 0.15) is 11.8 Å². The van der Waals surface area contributed by atoms with Crippen LogP contribution in [0.2, 0.25) is 0 Å². The summed E-state index contributed by atoms with van der Waals surface area (Å²) in [5.74, 6) is 0.858. The molecule has 0 amide bonds. The lowest BCUT2D eigenvalue weighted by atomic mass is 9.97. The van der Waals surface area contributed by atoms with Crippen molar-refractivity contribution in [3.05, 3.63) is 41.1 Å². The minimum atomic E-state index is 0.0276. The first-order valence-corrected chi connectivity index (χ1v) is 8.98. The highest BCUT2D eigenvalue weighted by Crippen LogP contribution is 2.27. The van der Waals surface area contributed by atoms with Crippen molar-refractivity contribution >= 4 is 12.1 Å². The van der Waals surface area contributed by atoms with E-state index >= 15 is 0 Å². The number of aliphatic hydroxyl groups excluding tert-OH is 1. The Morgan fingerprint density at radius 3 is 2.69 bits per heavy atom. The van der Waals surface area contributed by atoms with Crippen molar-refractivity contribution in [3.8, 4) is 5.75 Å². The summed E-state index contributed by atoms with van der Waals surface area (Å²) < 4.78 is 5.24. The maximum absolute atomic E-state index is 9.89. The highest BCUT2D eigenvalue weighted by molar-refractivity contribution is 5.92. The van der Waals surface area contributed by atoms with Gasteiger partial charge >= 0.3 is 0 Å². The van der Waals surface area contributed by atoms with Crippen LogP contribution in [-0.4, -0.2) is 72.9 Å². The smallest absolute Gasteiger partial charge is 0.118 e. The topological polar surface area (TPSA) is 60.7 Å². The molecule has 2 aliphatic heterocycles. The normalized spacial score (nSPS) is 24.0. The second-order valence-electron chi connectivity index (χ2n) is 6.90. The Balaban J connectivity index is 1.82. The van der Waals surface area contributed by atoms with Gasteiger partial charge in [-0.3, -0.25) is 14.9 Å². The molecule has 0 bridgehead atoms. The van der Waals surface area contributed by atoms with Gasteiger partial charge in [-0.1, -0.05) is 12.1 Å². The van der Waals surface area contributed by atoms with Gasteiger partial charge in [-0.25, -0.2) is 0 Å². The zero-order valence-corrected chi connectivity index (χ0v) is 16.0. The maximum atomic E-state index is 9.89. The van der Waals surface area contributed by atoms with E-state index in [1.807, 2.05) is 32.4 Å². The Morgan fingerprint density at radius 2 is 2.08 bits per heavy atom. The predicted molar refractivity (Wildman–Crippen MR) is 105 cm³/mol. The Kier molecular flexibility index (Phi) is 5.74. The molecule has 3 rings (SSSR count). The molecule has 1 saturated heterocycles. The van der Waals surface area contributed by atoms with Gasteiger partial charge in [0, 0.05) is 38.1 Å². The number of fused-ring (bicyclic) bond motifs is 1. The molecule has 6 nitrogen and oxygen atoms in total. The summed E-state index contributed by atoms with van der Waals surface area (Å²) in [5.41, 5.74) is 4.75. The first-order valence-electron chi connectivity index (χ1n) is 8.98. The van der Waals surface area contributed by atoms with Gasteiger partial charge in [-0.15, -0.1) is 0 Å². The van der Waals surface area contributed by atoms with Crippen molar-refractivity contribution in [2.24, 2.45) is 9.98 Å². The second-order valence-corrected chi connectivity index (χ2v) is 6.90. The van der Waals surface area contributed by atoms with Crippen molar-refractivity contribution in [2.45, 2.75) is 32.5 Å². The van der Waals surface area contributed by atoms with Gasteiger partial charge in [0.05, 0.1) is 26.1 Å². The van der Waals surface area contributed by atoms with Crippen molar-refractivity contribution in [1.29, 1.82) is 0 Å². The van der Waals surface area contributed by atoms with Gasteiger partial charge in [0.2, 0.25) is 0 Å². The van der Waals surface area contributed by atoms with E-state index < -0.39 is 0 Å². The van der Waals surface area contributed by atoms with Crippen LogP contribution >= 0.6 is 0 Å². The standard InChI is InChI=1S/C20H28N4O2/c1-14-19-11-23(9-16-5-7-18(26-4)8-6-16)17(12-25)10-24(19)13-22-20(14)15(2)21-3/h5-8,13,17,20,25H,9-12H2,1-4H3. The number of aliphatic imine (C=N–C) groups is 2. The number of methoxy groups -OCH3 is 1. The molecule has 0 saturated carbocycles. The zero-order chi connectivity index (χ0) is 18.7. The number of hydrogen-bond acceptors (Lipinski definition) is 6. The largest absolute Gasteiger partial charge is 0.497 e. The number of ether oxygens (including phenoxy) is 1. The van der Waals surface area contributed by atoms with E-state index in [1.165, 1.54) is 16.8 Å². The molecule has 1 aromatic rings. The van der Waals surface area contributed by atoms with E-state index in [4.69, 9.17) is 4.74 Å². The average molecular weight is 356 g/mol. The molecule has 2 heterocycles. The van der Waals surface area contributed by atoms with Crippen molar-refractivity contribution in [1.82, 2.24) is 9.80 Å². The number of aliphatic hydroxyl groups is 1. The molecule has 0 spiro atoms. The van der Waals surface area contributed by atoms with Gasteiger partial charge < -0.3 is 14.7 Å². The monoisotopic (exact) mass is 356 g/mol. The van der Waals surface area contributed by atoms with Crippen LogP contribution in [0.1, 0.15) is 19.4 Å². The van der Waals surface area contributed by atoms with Gasteiger partial charge in [-0.2, -0.15) is 0 Å². The minimum Gasteiger partial charge on any atom is -0.497 e. The fraction of sp³-hybridized carbons (Fsp3) is 0.500. The fourth-order valence-electron chi connectivity index (χ4n) is 3.62. The minimum absolute atomic E-state index is 0.0276. The molecule has 140 valence electrons. The summed E-state index contributed by atoms with van der Waals surface area (Å²) in [4.78, 5) is 13.5. The third kappa shape index (κ3) is 3.66. The van der Waals surface area contributed by atoms with E-state index in [-0.39, 0.29) is 18.7 Å². The molecular weight excluding hydrogens is 328 g/mol. The van der Waals surface area contributed by atoms with Gasteiger partial charge in [0.15, 0.2) is 0 Å². The maximum Gasteiger partial charge on any atom is 0.118 e. The lowest BCUT2D eigenvalue weighted by Gasteiger charge is -2.44. The predicted octanol–water partition coefficient (Wildman–Crippen LogP) is 1.95. The van der Waals surface area contributed by atoms with Crippen molar-refractivity contribution in [3.63, 3.8) is 0 Å². The SMILES string of the molecule is CN=C(C)C1N=CN2CC(CO)N(Cc3ccc(OC)cc3)CC2=C1C. The summed E-state index contributed by atoms with van der Waals surface area (Å²) in [5, 5.41) is 9.89. The summed E-state index contributed by atoms with van der Waals surface area (Å²) in [6.45, 7) is 6.63. The summed E-state index contributed by atoms with van der Waals surface area (Å²) in [6, 6.07) is 8.24. The van der Waals surface area contributed by atoms with Crippen molar-refractivity contribution < 1.29 is 9.84 Å². The van der Waals surface area contributed by atoms with Crippen LogP contribution in [0.4, 0.5) is 0 Å². The Morgan fingerprint density at radius 1 is 1.35 bits per heavy atom. The molecule has 1 aromatic carbocycles.